The molecule has 0 saturated carbocycles. The van der Waals surface area contributed by atoms with Crippen LogP contribution in [0.4, 0.5) is 5.69 Å². The molecule has 178 valence electrons. The smallest absolute Gasteiger partial charge is 0.273 e. The summed E-state index contributed by atoms with van der Waals surface area (Å²) in [5.41, 5.74) is 3.51. The van der Waals surface area contributed by atoms with Gasteiger partial charge in [0.2, 0.25) is 0 Å². The molecular formula is C27H26N4O4. The van der Waals surface area contributed by atoms with Crippen molar-refractivity contribution in [2.75, 3.05) is 7.05 Å². The summed E-state index contributed by atoms with van der Waals surface area (Å²) in [6.07, 6.45) is 0. The van der Waals surface area contributed by atoms with Crippen molar-refractivity contribution in [3.63, 3.8) is 0 Å². The van der Waals surface area contributed by atoms with Crippen LogP contribution >= 0.6 is 0 Å². The predicted molar refractivity (Wildman–Crippen MR) is 135 cm³/mol. The SMILES string of the molecule is Cc1ccc(-n2c(C(C)N(C)C(=O)c3ccc(C)c([N+](=O)[O-])c3)nc3ccccc3c2=O)c(C)c1. The summed E-state index contributed by atoms with van der Waals surface area (Å²) in [4.78, 5) is 44.1. The first-order valence-corrected chi connectivity index (χ1v) is 11.2. The number of carbonyl (C=O) groups excluding carboxylic acids is 1. The highest BCUT2D eigenvalue weighted by atomic mass is 16.6. The molecule has 1 heterocycles. The van der Waals surface area contributed by atoms with Crippen LogP contribution in [0.25, 0.3) is 16.6 Å². The second kappa shape index (κ2) is 9.13. The Morgan fingerprint density at radius 1 is 1.03 bits per heavy atom. The number of hydrogen-bond acceptors (Lipinski definition) is 5. The molecule has 0 fully saturated rings. The third kappa shape index (κ3) is 4.30. The Morgan fingerprint density at radius 2 is 1.74 bits per heavy atom. The maximum Gasteiger partial charge on any atom is 0.273 e. The highest BCUT2D eigenvalue weighted by molar-refractivity contribution is 5.95. The number of aryl methyl sites for hydroxylation is 3. The predicted octanol–water partition coefficient (Wildman–Crippen LogP) is 5.05. The molecule has 0 aliphatic carbocycles. The van der Waals surface area contributed by atoms with Crippen LogP contribution in [0.1, 0.15) is 45.8 Å². The molecule has 8 heteroatoms. The first-order valence-electron chi connectivity index (χ1n) is 11.2. The average molecular weight is 471 g/mol. The first-order chi connectivity index (χ1) is 16.6. The summed E-state index contributed by atoms with van der Waals surface area (Å²) < 4.78 is 1.56. The molecule has 0 N–H and O–H groups in total. The zero-order chi connectivity index (χ0) is 25.4. The molecule has 3 aromatic carbocycles. The second-order valence-electron chi connectivity index (χ2n) is 8.77. The van der Waals surface area contributed by atoms with Gasteiger partial charge in [0, 0.05) is 24.2 Å². The Labute approximate surface area is 202 Å². The third-order valence-corrected chi connectivity index (χ3v) is 6.32. The molecule has 0 radical (unpaired) electrons. The average Bonchev–Trinajstić information content (AvgIpc) is 2.83. The highest BCUT2D eigenvalue weighted by Gasteiger charge is 2.26. The summed E-state index contributed by atoms with van der Waals surface area (Å²) >= 11 is 0. The largest absolute Gasteiger partial charge is 0.332 e. The summed E-state index contributed by atoms with van der Waals surface area (Å²) in [5, 5.41) is 11.9. The number of amides is 1. The van der Waals surface area contributed by atoms with E-state index >= 15 is 0 Å². The van der Waals surface area contributed by atoms with Crippen LogP contribution in [0.5, 0.6) is 0 Å². The normalized spacial score (nSPS) is 11.9. The van der Waals surface area contributed by atoms with Crippen molar-refractivity contribution in [1.29, 1.82) is 0 Å². The number of nitro groups is 1. The number of rotatable bonds is 5. The summed E-state index contributed by atoms with van der Waals surface area (Å²) in [5.74, 6) is -0.00620. The van der Waals surface area contributed by atoms with Gasteiger partial charge in [0.1, 0.15) is 5.82 Å². The van der Waals surface area contributed by atoms with Gasteiger partial charge >= 0.3 is 0 Å². The van der Waals surface area contributed by atoms with Crippen LogP contribution in [-0.4, -0.2) is 32.3 Å². The molecule has 0 bridgehead atoms. The van der Waals surface area contributed by atoms with E-state index in [0.717, 1.165) is 11.1 Å². The lowest BCUT2D eigenvalue weighted by molar-refractivity contribution is -0.385. The topological polar surface area (TPSA) is 98.3 Å². The van der Waals surface area contributed by atoms with E-state index in [1.165, 1.54) is 11.0 Å². The number of hydrogen-bond donors (Lipinski definition) is 0. The van der Waals surface area contributed by atoms with Gasteiger partial charge in [0.15, 0.2) is 0 Å². The van der Waals surface area contributed by atoms with E-state index in [2.05, 4.69) is 0 Å². The van der Waals surface area contributed by atoms with Gasteiger partial charge < -0.3 is 4.90 Å². The minimum Gasteiger partial charge on any atom is -0.332 e. The van der Waals surface area contributed by atoms with E-state index < -0.39 is 16.9 Å². The van der Waals surface area contributed by atoms with Crippen molar-refractivity contribution in [1.82, 2.24) is 14.5 Å². The molecule has 1 amide bonds. The Morgan fingerprint density at radius 3 is 2.43 bits per heavy atom. The Balaban J connectivity index is 1.87. The fraction of sp³-hybridized carbons (Fsp3) is 0.222. The quantitative estimate of drug-likeness (QED) is 0.300. The lowest BCUT2D eigenvalue weighted by Gasteiger charge is -2.27. The van der Waals surface area contributed by atoms with E-state index in [9.17, 15) is 19.7 Å². The fourth-order valence-electron chi connectivity index (χ4n) is 4.21. The van der Waals surface area contributed by atoms with Crippen LogP contribution in [0, 0.1) is 30.9 Å². The van der Waals surface area contributed by atoms with E-state index in [-0.39, 0.29) is 16.8 Å². The van der Waals surface area contributed by atoms with Gasteiger partial charge in [-0.3, -0.25) is 24.3 Å². The lowest BCUT2D eigenvalue weighted by Crippen LogP contribution is -2.35. The number of carbonyl (C=O) groups is 1. The molecule has 0 saturated heterocycles. The van der Waals surface area contributed by atoms with E-state index in [1.54, 1.807) is 55.8 Å². The molecule has 0 aliphatic heterocycles. The number of nitrogens with zero attached hydrogens (tertiary/aromatic N) is 4. The van der Waals surface area contributed by atoms with Crippen molar-refractivity contribution in [3.8, 4) is 5.69 Å². The van der Waals surface area contributed by atoms with E-state index in [0.29, 0.717) is 28.0 Å². The Bertz CT molecular complexity index is 1540. The van der Waals surface area contributed by atoms with Gasteiger partial charge in [0.05, 0.1) is 27.6 Å². The molecule has 35 heavy (non-hydrogen) atoms. The lowest BCUT2D eigenvalue weighted by atomic mass is 10.1. The van der Waals surface area contributed by atoms with Gasteiger partial charge in [-0.1, -0.05) is 35.9 Å². The van der Waals surface area contributed by atoms with Crippen molar-refractivity contribution < 1.29 is 9.72 Å². The monoisotopic (exact) mass is 470 g/mol. The zero-order valence-electron chi connectivity index (χ0n) is 20.3. The first kappa shape index (κ1) is 23.8. The minimum absolute atomic E-state index is 0.118. The molecular weight excluding hydrogens is 444 g/mol. The Hall–Kier alpha value is -4.33. The van der Waals surface area contributed by atoms with Crippen molar-refractivity contribution in [2.24, 2.45) is 0 Å². The van der Waals surface area contributed by atoms with Crippen molar-refractivity contribution >= 4 is 22.5 Å². The van der Waals surface area contributed by atoms with Gasteiger partial charge in [0.25, 0.3) is 17.2 Å². The number of nitro benzene ring substituents is 1. The molecule has 0 aliphatic rings. The number of para-hydroxylation sites is 1. The maximum absolute atomic E-state index is 13.7. The van der Waals surface area contributed by atoms with Crippen LogP contribution in [0.2, 0.25) is 0 Å². The third-order valence-electron chi connectivity index (χ3n) is 6.32. The van der Waals surface area contributed by atoms with Gasteiger partial charge in [-0.05, 0) is 57.5 Å². The highest BCUT2D eigenvalue weighted by Crippen LogP contribution is 2.26. The van der Waals surface area contributed by atoms with E-state index in [1.807, 2.05) is 38.1 Å². The molecule has 1 atom stereocenters. The van der Waals surface area contributed by atoms with Gasteiger partial charge in [-0.15, -0.1) is 0 Å². The number of fused-ring (bicyclic) bond motifs is 1. The van der Waals surface area contributed by atoms with Crippen LogP contribution in [0.3, 0.4) is 0 Å². The summed E-state index contributed by atoms with van der Waals surface area (Å²) in [6, 6.07) is 16.7. The van der Waals surface area contributed by atoms with Crippen molar-refractivity contribution in [2.45, 2.75) is 33.7 Å². The fourth-order valence-corrected chi connectivity index (χ4v) is 4.21. The van der Waals surface area contributed by atoms with Crippen molar-refractivity contribution in [3.05, 3.63) is 109 Å². The summed E-state index contributed by atoms with van der Waals surface area (Å²) in [7, 11) is 1.60. The number of aromatic nitrogens is 2. The van der Waals surface area contributed by atoms with Gasteiger partial charge in [-0.2, -0.15) is 0 Å². The molecule has 8 nitrogen and oxygen atoms in total. The molecule has 1 unspecified atom stereocenters. The Kier molecular flexibility index (Phi) is 6.22. The number of benzene rings is 3. The molecule has 4 aromatic rings. The van der Waals surface area contributed by atoms with Crippen LogP contribution in [-0.2, 0) is 0 Å². The molecule has 1 aromatic heterocycles. The standard InChI is InChI=1S/C27H26N4O4/c1-16-10-13-23(18(3)14-16)30-25(28-22-9-7-6-8-21(22)27(30)33)19(4)29(5)26(32)20-12-11-17(2)24(15-20)31(34)35/h6-15,19H,1-5H3. The van der Waals surface area contributed by atoms with E-state index in [4.69, 9.17) is 4.98 Å². The maximum atomic E-state index is 13.7. The zero-order valence-corrected chi connectivity index (χ0v) is 20.3. The minimum atomic E-state index is -0.610. The second-order valence-corrected chi connectivity index (χ2v) is 8.77. The van der Waals surface area contributed by atoms with Gasteiger partial charge in [-0.25, -0.2) is 4.98 Å². The van der Waals surface area contributed by atoms with Crippen LogP contribution < -0.4 is 5.56 Å². The van der Waals surface area contributed by atoms with Crippen LogP contribution in [0.15, 0.2) is 65.5 Å². The molecule has 4 rings (SSSR count). The molecule has 0 spiro atoms. The summed E-state index contributed by atoms with van der Waals surface area (Å²) in [6.45, 7) is 7.32.